The van der Waals surface area contributed by atoms with E-state index < -0.39 is 17.5 Å². The molecular weight excluding hydrogens is 190 g/mol. The van der Waals surface area contributed by atoms with Gasteiger partial charge in [0.1, 0.15) is 6.34 Å². The van der Waals surface area contributed by atoms with Gasteiger partial charge in [-0.25, -0.2) is 0 Å². The molecule has 0 bridgehead atoms. The predicted octanol–water partition coefficient (Wildman–Crippen LogP) is 1.73. The van der Waals surface area contributed by atoms with E-state index in [0.717, 1.165) is 0 Å². The van der Waals surface area contributed by atoms with E-state index >= 15 is 0 Å². The van der Waals surface area contributed by atoms with Gasteiger partial charge >= 0.3 is 6.18 Å². The van der Waals surface area contributed by atoms with Crippen molar-refractivity contribution in [2.75, 3.05) is 6.54 Å². The van der Waals surface area contributed by atoms with E-state index in [1.165, 1.54) is 0 Å². The lowest BCUT2D eigenvalue weighted by molar-refractivity contribution is -0.232. The topological polar surface area (TPSA) is 18.8 Å². The third kappa shape index (κ3) is 2.02. The van der Waals surface area contributed by atoms with E-state index in [2.05, 4.69) is 5.10 Å². The Kier molecular flexibility index (Phi) is 2.63. The fourth-order valence-corrected chi connectivity index (χ4v) is 1.09. The third-order valence-corrected chi connectivity index (χ3v) is 1.57. The van der Waals surface area contributed by atoms with Crippen molar-refractivity contribution in [2.45, 2.75) is 25.7 Å². The molecule has 0 N–H and O–H groups in total. The Balaban J connectivity index is 2.70. The molecule has 13 heavy (non-hydrogen) atoms. The Morgan fingerprint density at radius 3 is 2.54 bits per heavy atom. The summed E-state index contributed by atoms with van der Waals surface area (Å²) in [7, 11) is 0. The number of nitrogens with zero attached hydrogens (tertiary/aromatic N) is 3. The predicted molar refractivity (Wildman–Crippen MR) is 38.3 cm³/mol. The molecule has 1 atom stereocenters. The van der Waals surface area contributed by atoms with Crippen molar-refractivity contribution in [1.82, 2.24) is 10.1 Å². The van der Waals surface area contributed by atoms with Crippen molar-refractivity contribution >= 4 is 6.34 Å². The lowest BCUT2D eigenvalue weighted by Crippen LogP contribution is -2.47. The molecule has 0 radical (unpaired) electrons. The molecule has 1 heterocycles. The highest BCUT2D eigenvalue weighted by Crippen LogP contribution is 2.30. The van der Waals surface area contributed by atoms with Crippen LogP contribution in [0.4, 0.5) is 17.7 Å². The third-order valence-electron chi connectivity index (χ3n) is 1.57. The first-order valence-corrected chi connectivity index (χ1v) is 3.78. The minimum absolute atomic E-state index is 0.0844. The van der Waals surface area contributed by atoms with Gasteiger partial charge in [-0.2, -0.15) is 23.4 Å². The molecule has 0 aromatic rings. The van der Waals surface area contributed by atoms with Crippen LogP contribution >= 0.6 is 0 Å². The summed E-state index contributed by atoms with van der Waals surface area (Å²) < 4.78 is 49.1. The molecule has 0 aromatic carbocycles. The lowest BCUT2D eigenvalue weighted by Gasteiger charge is -2.26. The van der Waals surface area contributed by atoms with Crippen LogP contribution in [-0.2, 0) is 0 Å². The van der Waals surface area contributed by atoms with Crippen LogP contribution in [0.2, 0.25) is 0 Å². The van der Waals surface area contributed by atoms with Gasteiger partial charge in [0, 0.05) is 6.54 Å². The zero-order chi connectivity index (χ0) is 10.1. The maximum Gasteiger partial charge on any atom is 0.431 e. The highest BCUT2D eigenvalue weighted by Gasteiger charge is 2.50. The van der Waals surface area contributed by atoms with Gasteiger partial charge in [-0.1, -0.05) is 11.4 Å². The molecule has 0 saturated heterocycles. The van der Waals surface area contributed by atoms with E-state index in [1.54, 1.807) is 6.92 Å². The second-order valence-electron chi connectivity index (χ2n) is 2.65. The molecule has 0 saturated carbocycles. The van der Waals surface area contributed by atoms with Crippen LogP contribution in [0.3, 0.4) is 0 Å². The minimum Gasteiger partial charge on any atom is -0.262 e. The van der Waals surface area contributed by atoms with Crippen molar-refractivity contribution in [3.05, 3.63) is 0 Å². The highest BCUT2D eigenvalue weighted by atomic mass is 19.4. The van der Waals surface area contributed by atoms with E-state index in [0.29, 0.717) is 17.8 Å². The number of alkyl halides is 3. The van der Waals surface area contributed by atoms with Crippen molar-refractivity contribution in [3.8, 4) is 0 Å². The van der Waals surface area contributed by atoms with E-state index in [-0.39, 0.29) is 6.54 Å². The van der Waals surface area contributed by atoms with Crippen LogP contribution in [0.5, 0.6) is 0 Å². The first-order valence-electron chi connectivity index (χ1n) is 3.78. The van der Waals surface area contributed by atoms with Gasteiger partial charge in [0.25, 0.3) is 0 Å². The van der Waals surface area contributed by atoms with Crippen molar-refractivity contribution in [1.29, 1.82) is 0 Å². The van der Waals surface area contributed by atoms with Crippen LogP contribution in [0, 0.1) is 0 Å². The van der Waals surface area contributed by atoms with Gasteiger partial charge in [-0.15, -0.1) is 0 Å². The minimum atomic E-state index is -4.62. The normalized spacial score (nSPS) is 23.0. The van der Waals surface area contributed by atoms with Crippen molar-refractivity contribution in [3.63, 3.8) is 0 Å². The smallest absolute Gasteiger partial charge is 0.262 e. The molecule has 1 aliphatic heterocycles. The maximum atomic E-state index is 12.6. The Hall–Kier alpha value is -1.01. The van der Waals surface area contributed by atoms with Gasteiger partial charge < -0.3 is 0 Å². The fourth-order valence-electron chi connectivity index (χ4n) is 1.09. The van der Waals surface area contributed by atoms with Gasteiger partial charge in [0.2, 0.25) is 6.17 Å². The SMILES string of the molecule is CCCN1N=CN(F)C1C(F)(F)F. The first kappa shape index (κ1) is 10.1. The molecule has 76 valence electrons. The molecule has 0 aliphatic carbocycles. The molecule has 0 spiro atoms. The quantitative estimate of drug-likeness (QED) is 0.498. The van der Waals surface area contributed by atoms with Gasteiger partial charge in [-0.05, 0) is 6.42 Å². The monoisotopic (exact) mass is 199 g/mol. The highest BCUT2D eigenvalue weighted by molar-refractivity contribution is 5.55. The molecule has 0 amide bonds. The van der Waals surface area contributed by atoms with Gasteiger partial charge in [-0.3, -0.25) is 5.01 Å². The average Bonchev–Trinajstić information content (AvgIpc) is 2.31. The average molecular weight is 199 g/mol. The Bertz CT molecular complexity index is 203. The number of hydrogen-bond acceptors (Lipinski definition) is 3. The van der Waals surface area contributed by atoms with Crippen LogP contribution in [0.25, 0.3) is 0 Å². The zero-order valence-corrected chi connectivity index (χ0v) is 6.92. The Morgan fingerprint density at radius 2 is 2.08 bits per heavy atom. The van der Waals surface area contributed by atoms with Crippen LogP contribution in [0.1, 0.15) is 13.3 Å². The number of hydrazone groups is 1. The van der Waals surface area contributed by atoms with E-state index in [4.69, 9.17) is 0 Å². The largest absolute Gasteiger partial charge is 0.431 e. The molecule has 0 aromatic heterocycles. The number of hydrogen-bond donors (Lipinski definition) is 0. The van der Waals surface area contributed by atoms with E-state index in [1.807, 2.05) is 0 Å². The van der Waals surface area contributed by atoms with Crippen molar-refractivity contribution < 1.29 is 17.7 Å². The molecule has 7 heteroatoms. The molecule has 1 rings (SSSR count). The second kappa shape index (κ2) is 3.39. The van der Waals surface area contributed by atoms with Gasteiger partial charge in [0.05, 0.1) is 0 Å². The van der Waals surface area contributed by atoms with Crippen LogP contribution in [0.15, 0.2) is 5.10 Å². The van der Waals surface area contributed by atoms with Crippen molar-refractivity contribution in [2.24, 2.45) is 5.10 Å². The fraction of sp³-hybridized carbons (Fsp3) is 0.833. The maximum absolute atomic E-state index is 12.6. The summed E-state index contributed by atoms with van der Waals surface area (Å²) in [4.78, 5) is 0. The summed E-state index contributed by atoms with van der Waals surface area (Å²) in [5, 5.41) is 3.54. The summed E-state index contributed by atoms with van der Waals surface area (Å²) >= 11 is 0. The van der Waals surface area contributed by atoms with Crippen LogP contribution in [-0.4, -0.2) is 35.4 Å². The number of rotatable bonds is 2. The summed E-state index contributed by atoms with van der Waals surface area (Å²) in [5.41, 5.74) is 0. The Morgan fingerprint density at radius 1 is 1.46 bits per heavy atom. The summed E-state index contributed by atoms with van der Waals surface area (Å²) in [6, 6.07) is 0. The second-order valence-corrected chi connectivity index (χ2v) is 2.65. The molecule has 3 nitrogen and oxygen atoms in total. The Labute approximate surface area is 72.5 Å². The van der Waals surface area contributed by atoms with Gasteiger partial charge in [0.15, 0.2) is 0 Å². The summed E-state index contributed by atoms with van der Waals surface area (Å²) in [6.07, 6.45) is -5.86. The molecule has 0 fully saturated rings. The van der Waals surface area contributed by atoms with E-state index in [9.17, 15) is 17.7 Å². The molecule has 1 aliphatic rings. The molecule has 1 unspecified atom stereocenters. The summed E-state index contributed by atoms with van der Waals surface area (Å²) in [5.74, 6) is 0. The first-order chi connectivity index (χ1) is 5.96. The number of halogens is 4. The zero-order valence-electron chi connectivity index (χ0n) is 6.92. The standard InChI is InChI=1S/C6H9F4N3/c1-2-3-13-5(6(7,8)9)12(10)4-11-13/h4-5H,2-3H2,1H3. The molecular formula is C6H9F4N3. The van der Waals surface area contributed by atoms with Crippen LogP contribution < -0.4 is 0 Å². The lowest BCUT2D eigenvalue weighted by atomic mass is 10.4. The summed E-state index contributed by atoms with van der Waals surface area (Å²) in [6.45, 7) is 1.78.